The molecule has 10 heteroatoms. The van der Waals surface area contributed by atoms with Crippen molar-refractivity contribution >= 4 is 69.7 Å². The number of ether oxygens (including phenoxy) is 1. The normalized spacial score (nSPS) is 13.4. The number of H-pyrrole nitrogens is 1. The number of aromatic nitrogens is 2. The zero-order valence-corrected chi connectivity index (χ0v) is 28.6. The summed E-state index contributed by atoms with van der Waals surface area (Å²) in [6.07, 6.45) is -0.0641. The second kappa shape index (κ2) is 13.7. The van der Waals surface area contributed by atoms with E-state index in [9.17, 15) is 9.46 Å². The lowest BCUT2D eigenvalue weighted by molar-refractivity contribution is 0.180. The molecule has 0 aliphatic carbocycles. The number of halogens is 3. The molecule has 0 amide bonds. The smallest absolute Gasteiger partial charge is 0.359 e. The molecule has 0 aliphatic rings. The molecule has 2 N–H and O–H groups in total. The Balaban J connectivity index is 1.24. The monoisotopic (exact) mass is 768 g/mol. The van der Waals surface area contributed by atoms with Crippen LogP contribution in [-0.2, 0) is 9.09 Å². The van der Waals surface area contributed by atoms with Gasteiger partial charge in [0.1, 0.15) is 5.75 Å². The first-order valence-corrected chi connectivity index (χ1v) is 18.0. The zero-order chi connectivity index (χ0) is 31.6. The minimum absolute atomic E-state index is 0.154. The first kappa shape index (κ1) is 31.8. The van der Waals surface area contributed by atoms with E-state index in [4.69, 9.17) is 32.5 Å². The molecule has 0 saturated carbocycles. The van der Waals surface area contributed by atoms with Gasteiger partial charge in [0.15, 0.2) is 0 Å². The molecule has 1 aromatic heterocycles. The van der Waals surface area contributed by atoms with Crippen molar-refractivity contribution in [2.24, 2.45) is 0 Å². The standard InChI is InChI=1S/C35H28Cl2IN2O4P/c1-22-10-15-28(19-34(22)45(41,42)44-33(16-17-38)26-8-5-9-27(36)18-26)43-35-39-31-20-29(30(37)21-32(31)40-35)25-13-11-24(12-14-25)23-6-3-2-4-7-23/h2-15,18-21,33H,16-17H2,1H3,(H,39,40)(H,41,42). The van der Waals surface area contributed by atoms with Gasteiger partial charge in [-0.15, -0.1) is 0 Å². The van der Waals surface area contributed by atoms with Crippen molar-refractivity contribution in [1.29, 1.82) is 0 Å². The Bertz CT molecular complexity index is 2020. The van der Waals surface area contributed by atoms with Crippen LogP contribution in [0.25, 0.3) is 33.3 Å². The number of nitrogens with one attached hydrogen (secondary N) is 1. The van der Waals surface area contributed by atoms with Crippen LogP contribution in [0.3, 0.4) is 0 Å². The largest absolute Gasteiger partial charge is 0.426 e. The van der Waals surface area contributed by atoms with Gasteiger partial charge in [-0.3, -0.25) is 9.09 Å². The van der Waals surface area contributed by atoms with Crippen LogP contribution in [0, 0.1) is 6.92 Å². The van der Waals surface area contributed by atoms with Gasteiger partial charge in [-0.1, -0.05) is 119 Å². The molecule has 0 aliphatic heterocycles. The number of benzene rings is 5. The second-order valence-corrected chi connectivity index (χ2v) is 14.2. The fourth-order valence-electron chi connectivity index (χ4n) is 5.13. The molecule has 2 unspecified atom stereocenters. The number of aromatic amines is 1. The summed E-state index contributed by atoms with van der Waals surface area (Å²) in [6, 6.07) is 34.5. The van der Waals surface area contributed by atoms with Crippen LogP contribution in [0.2, 0.25) is 10.0 Å². The summed E-state index contributed by atoms with van der Waals surface area (Å²) in [4.78, 5) is 18.9. The fourth-order valence-corrected chi connectivity index (χ4v) is 7.67. The molecule has 6 nitrogen and oxygen atoms in total. The number of aryl methyl sites for hydroxylation is 1. The van der Waals surface area contributed by atoms with E-state index in [1.54, 1.807) is 37.3 Å². The first-order valence-electron chi connectivity index (χ1n) is 14.2. The predicted octanol–water partition coefficient (Wildman–Crippen LogP) is 10.7. The highest BCUT2D eigenvalue weighted by Crippen LogP contribution is 2.48. The minimum atomic E-state index is -4.25. The topological polar surface area (TPSA) is 84.4 Å². The van der Waals surface area contributed by atoms with Crippen LogP contribution in [0.5, 0.6) is 11.8 Å². The lowest BCUT2D eigenvalue weighted by atomic mass is 10.00. The Labute approximate surface area is 285 Å². The summed E-state index contributed by atoms with van der Waals surface area (Å²) in [5.41, 5.74) is 6.79. The molecular weight excluding hydrogens is 741 g/mol. The van der Waals surface area contributed by atoms with Gasteiger partial charge >= 0.3 is 7.60 Å². The van der Waals surface area contributed by atoms with Crippen molar-refractivity contribution in [3.05, 3.63) is 130 Å². The Morgan fingerprint density at radius 3 is 2.36 bits per heavy atom. The number of fused-ring (bicyclic) bond motifs is 1. The average molecular weight is 769 g/mol. The van der Waals surface area contributed by atoms with Crippen LogP contribution < -0.4 is 10.0 Å². The van der Waals surface area contributed by atoms with Crippen molar-refractivity contribution in [2.75, 3.05) is 4.43 Å². The maximum Gasteiger partial charge on any atom is 0.359 e. The third kappa shape index (κ3) is 7.30. The summed E-state index contributed by atoms with van der Waals surface area (Å²) < 4.78 is 26.3. The van der Waals surface area contributed by atoms with Gasteiger partial charge in [0, 0.05) is 15.0 Å². The second-order valence-electron chi connectivity index (χ2n) is 10.5. The van der Waals surface area contributed by atoms with E-state index in [0.717, 1.165) is 32.2 Å². The third-order valence-electron chi connectivity index (χ3n) is 7.41. The number of alkyl halides is 1. The Morgan fingerprint density at radius 1 is 0.889 bits per heavy atom. The molecule has 45 heavy (non-hydrogen) atoms. The number of rotatable bonds is 10. The van der Waals surface area contributed by atoms with E-state index < -0.39 is 13.7 Å². The molecule has 0 fully saturated rings. The Morgan fingerprint density at radius 2 is 1.62 bits per heavy atom. The van der Waals surface area contributed by atoms with E-state index >= 15 is 0 Å². The third-order valence-corrected chi connectivity index (χ3v) is 10.2. The molecule has 1 heterocycles. The van der Waals surface area contributed by atoms with E-state index in [1.165, 1.54) is 6.07 Å². The van der Waals surface area contributed by atoms with Gasteiger partial charge in [0.2, 0.25) is 0 Å². The van der Waals surface area contributed by atoms with Crippen LogP contribution in [0.15, 0.2) is 109 Å². The summed E-state index contributed by atoms with van der Waals surface area (Å²) >= 11 is 15.1. The molecule has 5 aromatic carbocycles. The van der Waals surface area contributed by atoms with Gasteiger partial charge in [-0.05, 0) is 77.6 Å². The molecule has 228 valence electrons. The van der Waals surface area contributed by atoms with E-state index in [2.05, 4.69) is 56.8 Å². The minimum Gasteiger partial charge on any atom is -0.426 e. The van der Waals surface area contributed by atoms with Crippen molar-refractivity contribution in [3.8, 4) is 34.0 Å². The molecule has 0 spiro atoms. The summed E-state index contributed by atoms with van der Waals surface area (Å²) in [5, 5.41) is 1.26. The maximum absolute atomic E-state index is 13.6. The SMILES string of the molecule is Cc1ccc(Oc2nc3cc(-c4ccc(-c5ccccc5)cc4)c(Cl)cc3[nH]2)cc1P(=O)(O)OC(CCI)c1cccc(Cl)c1. The van der Waals surface area contributed by atoms with Gasteiger partial charge in [0.05, 0.1) is 27.5 Å². The molecule has 0 radical (unpaired) electrons. The zero-order valence-electron chi connectivity index (χ0n) is 24.1. The highest BCUT2D eigenvalue weighted by molar-refractivity contribution is 14.1. The fraction of sp³-hybridized carbons (Fsp3) is 0.114. The number of imidazole rings is 1. The van der Waals surface area contributed by atoms with Crippen LogP contribution >= 0.6 is 53.4 Å². The number of hydrogen-bond donors (Lipinski definition) is 2. The van der Waals surface area contributed by atoms with Gasteiger partial charge < -0.3 is 14.6 Å². The molecule has 6 rings (SSSR count). The van der Waals surface area contributed by atoms with E-state index in [0.29, 0.717) is 38.8 Å². The highest BCUT2D eigenvalue weighted by atomic mass is 127. The lowest BCUT2D eigenvalue weighted by Crippen LogP contribution is -2.14. The van der Waals surface area contributed by atoms with Gasteiger partial charge in [0.25, 0.3) is 6.01 Å². The lowest BCUT2D eigenvalue weighted by Gasteiger charge is -2.23. The Hall–Kier alpha value is -3.17. The van der Waals surface area contributed by atoms with Gasteiger partial charge in [-0.2, -0.15) is 4.98 Å². The predicted molar refractivity (Wildman–Crippen MR) is 191 cm³/mol. The molecule has 0 saturated heterocycles. The van der Waals surface area contributed by atoms with Crippen LogP contribution in [0.1, 0.15) is 23.7 Å². The molecule has 6 aromatic rings. The number of hydrogen-bond acceptors (Lipinski definition) is 4. The van der Waals surface area contributed by atoms with E-state index in [1.807, 2.05) is 48.5 Å². The summed E-state index contributed by atoms with van der Waals surface area (Å²) in [7, 11) is -4.25. The van der Waals surface area contributed by atoms with Crippen molar-refractivity contribution < 1.29 is 18.7 Å². The Kier molecular flexibility index (Phi) is 9.66. The molecule has 0 bridgehead atoms. The van der Waals surface area contributed by atoms with Crippen molar-refractivity contribution in [3.63, 3.8) is 0 Å². The van der Waals surface area contributed by atoms with Crippen LogP contribution in [-0.4, -0.2) is 19.3 Å². The van der Waals surface area contributed by atoms with Gasteiger partial charge in [-0.25, -0.2) is 0 Å². The average Bonchev–Trinajstić information content (AvgIpc) is 3.42. The quantitative estimate of drug-likeness (QED) is 0.0824. The molecule has 2 atom stereocenters. The summed E-state index contributed by atoms with van der Waals surface area (Å²) in [5.74, 6) is 0.337. The first-order chi connectivity index (χ1) is 21.7. The van der Waals surface area contributed by atoms with Crippen molar-refractivity contribution in [1.82, 2.24) is 9.97 Å². The number of nitrogens with zero attached hydrogens (tertiary/aromatic N) is 1. The molecular formula is C35H28Cl2IN2O4P. The highest BCUT2D eigenvalue weighted by Gasteiger charge is 2.30. The van der Waals surface area contributed by atoms with E-state index in [-0.39, 0.29) is 11.3 Å². The van der Waals surface area contributed by atoms with Crippen molar-refractivity contribution in [2.45, 2.75) is 19.4 Å². The summed E-state index contributed by atoms with van der Waals surface area (Å²) in [6.45, 7) is 1.76. The maximum atomic E-state index is 13.6. The van der Waals surface area contributed by atoms with Crippen LogP contribution in [0.4, 0.5) is 0 Å².